The molecule has 0 unspecified atom stereocenters. The van der Waals surface area contributed by atoms with Gasteiger partial charge in [-0.25, -0.2) is 4.98 Å². The largest absolute Gasteiger partial charge is 0.456 e. The van der Waals surface area contributed by atoms with Crippen LogP contribution in [0.25, 0.3) is 11.3 Å². The summed E-state index contributed by atoms with van der Waals surface area (Å²) in [5.41, 5.74) is 2.73. The lowest BCUT2D eigenvalue weighted by molar-refractivity contribution is -0.119. The van der Waals surface area contributed by atoms with Gasteiger partial charge in [0.15, 0.2) is 10.9 Å². The van der Waals surface area contributed by atoms with E-state index >= 15 is 0 Å². The summed E-state index contributed by atoms with van der Waals surface area (Å²) in [4.78, 5) is 27.4. The number of anilines is 1. The van der Waals surface area contributed by atoms with E-state index < -0.39 is 0 Å². The van der Waals surface area contributed by atoms with Gasteiger partial charge in [-0.15, -0.1) is 11.3 Å². The molecule has 0 aliphatic carbocycles. The fourth-order valence-electron chi connectivity index (χ4n) is 2.20. The molecule has 0 saturated heterocycles. The molecule has 0 spiro atoms. The number of carbonyl (C=O) groups is 2. The molecule has 3 aromatic rings. The van der Waals surface area contributed by atoms with Crippen molar-refractivity contribution in [1.82, 2.24) is 10.3 Å². The molecule has 0 radical (unpaired) electrons. The third kappa shape index (κ3) is 4.33. The summed E-state index contributed by atoms with van der Waals surface area (Å²) in [6.45, 7) is 3.77. The lowest BCUT2D eigenvalue weighted by Crippen LogP contribution is -2.18. The molecule has 6 nitrogen and oxygen atoms in total. The highest BCUT2D eigenvalue weighted by molar-refractivity contribution is 7.14. The zero-order chi connectivity index (χ0) is 17.8. The van der Waals surface area contributed by atoms with Gasteiger partial charge in [0.1, 0.15) is 5.76 Å². The van der Waals surface area contributed by atoms with Crippen LogP contribution in [-0.4, -0.2) is 16.8 Å². The fraction of sp³-hybridized carbons (Fsp3) is 0.167. The number of hydrogen-bond acceptors (Lipinski definition) is 5. The number of benzene rings is 1. The molecular formula is C18H17N3O3S. The first kappa shape index (κ1) is 16.9. The molecule has 128 valence electrons. The maximum absolute atomic E-state index is 12.1. The molecule has 0 aliphatic rings. The van der Waals surface area contributed by atoms with Gasteiger partial charge in [0.05, 0.1) is 5.69 Å². The second-order valence-corrected chi connectivity index (χ2v) is 6.37. The maximum atomic E-state index is 12.1. The van der Waals surface area contributed by atoms with E-state index in [0.29, 0.717) is 17.4 Å². The van der Waals surface area contributed by atoms with Crippen LogP contribution in [0.15, 0.2) is 46.2 Å². The van der Waals surface area contributed by atoms with Crippen molar-refractivity contribution in [2.24, 2.45) is 0 Å². The van der Waals surface area contributed by atoms with Crippen LogP contribution in [0.2, 0.25) is 0 Å². The van der Waals surface area contributed by atoms with Crippen molar-refractivity contribution in [1.29, 1.82) is 0 Å². The number of aromatic nitrogens is 1. The molecule has 0 bridgehead atoms. The van der Waals surface area contributed by atoms with E-state index in [1.165, 1.54) is 18.3 Å². The molecule has 0 atom stereocenters. The van der Waals surface area contributed by atoms with Gasteiger partial charge >= 0.3 is 0 Å². The molecular weight excluding hydrogens is 338 g/mol. The van der Waals surface area contributed by atoms with Crippen LogP contribution in [0.3, 0.4) is 0 Å². The highest BCUT2D eigenvalue weighted by Gasteiger charge is 2.13. The second-order valence-electron chi connectivity index (χ2n) is 5.51. The minimum Gasteiger partial charge on any atom is -0.456 e. The maximum Gasteiger partial charge on any atom is 0.293 e. The Balaban J connectivity index is 1.66. The molecule has 0 fully saturated rings. The van der Waals surface area contributed by atoms with Crippen molar-refractivity contribution in [3.8, 4) is 11.3 Å². The first-order valence-corrected chi connectivity index (χ1v) is 8.56. The van der Waals surface area contributed by atoms with Gasteiger partial charge in [-0.1, -0.05) is 24.3 Å². The first-order valence-electron chi connectivity index (χ1n) is 7.68. The molecule has 0 saturated carbocycles. The smallest absolute Gasteiger partial charge is 0.293 e. The van der Waals surface area contributed by atoms with Gasteiger partial charge in [-0.3, -0.25) is 14.9 Å². The fourth-order valence-corrected chi connectivity index (χ4v) is 2.91. The Morgan fingerprint density at radius 2 is 1.92 bits per heavy atom. The lowest BCUT2D eigenvalue weighted by Gasteiger charge is -2.03. The van der Waals surface area contributed by atoms with Gasteiger partial charge in [0, 0.05) is 24.4 Å². The van der Waals surface area contributed by atoms with Crippen molar-refractivity contribution >= 4 is 28.3 Å². The quantitative estimate of drug-likeness (QED) is 0.732. The Morgan fingerprint density at radius 3 is 2.56 bits per heavy atom. The van der Waals surface area contributed by atoms with Gasteiger partial charge in [-0.05, 0) is 24.6 Å². The van der Waals surface area contributed by atoms with Gasteiger partial charge in [-0.2, -0.15) is 0 Å². The summed E-state index contributed by atoms with van der Waals surface area (Å²) in [5, 5.41) is 7.88. The van der Waals surface area contributed by atoms with E-state index in [0.717, 1.165) is 16.8 Å². The average Bonchev–Trinajstić information content (AvgIpc) is 3.22. The van der Waals surface area contributed by atoms with E-state index in [1.54, 1.807) is 19.1 Å². The van der Waals surface area contributed by atoms with E-state index in [1.807, 2.05) is 29.6 Å². The molecule has 7 heteroatoms. The number of furan rings is 1. The number of nitrogens with one attached hydrogen (secondary N) is 2. The molecule has 2 amide bonds. The van der Waals surface area contributed by atoms with Crippen LogP contribution in [0.4, 0.5) is 5.13 Å². The summed E-state index contributed by atoms with van der Waals surface area (Å²) in [5.74, 6) is 0.566. The molecule has 2 aromatic heterocycles. The van der Waals surface area contributed by atoms with Crippen LogP contribution in [0.5, 0.6) is 0 Å². The molecule has 2 N–H and O–H groups in total. The monoisotopic (exact) mass is 355 g/mol. The van der Waals surface area contributed by atoms with Crippen LogP contribution < -0.4 is 10.6 Å². The number of thiazole rings is 1. The summed E-state index contributed by atoms with van der Waals surface area (Å²) in [7, 11) is 0. The Kier molecular flexibility index (Phi) is 4.95. The zero-order valence-corrected chi connectivity index (χ0v) is 14.6. The summed E-state index contributed by atoms with van der Waals surface area (Å²) >= 11 is 1.35. The Hall–Kier alpha value is -2.93. The van der Waals surface area contributed by atoms with Crippen LogP contribution in [0.1, 0.15) is 28.8 Å². The second kappa shape index (κ2) is 7.31. The Morgan fingerprint density at radius 1 is 1.16 bits per heavy atom. The number of carbonyl (C=O) groups excluding carboxylic acids is 2. The molecule has 2 heterocycles. The van der Waals surface area contributed by atoms with Crippen molar-refractivity contribution in [3.05, 3.63) is 58.9 Å². The van der Waals surface area contributed by atoms with Gasteiger partial charge in [0.25, 0.3) is 5.91 Å². The first-order chi connectivity index (χ1) is 12.0. The minimum absolute atomic E-state index is 0.0595. The number of rotatable bonds is 5. The zero-order valence-electron chi connectivity index (χ0n) is 13.8. The van der Waals surface area contributed by atoms with E-state index in [2.05, 4.69) is 15.6 Å². The SMILES string of the molecule is CC(=O)NCc1ccc(-c2csc(NC(=O)c3ccc(C)o3)n2)cc1. The Labute approximate surface area is 148 Å². The van der Waals surface area contributed by atoms with Gasteiger partial charge < -0.3 is 9.73 Å². The molecule has 1 aromatic carbocycles. The normalized spacial score (nSPS) is 10.5. The molecule has 25 heavy (non-hydrogen) atoms. The lowest BCUT2D eigenvalue weighted by atomic mass is 10.1. The van der Waals surface area contributed by atoms with Crippen LogP contribution in [-0.2, 0) is 11.3 Å². The van der Waals surface area contributed by atoms with Gasteiger partial charge in [0.2, 0.25) is 5.91 Å². The van der Waals surface area contributed by atoms with Crippen molar-refractivity contribution in [3.63, 3.8) is 0 Å². The van der Waals surface area contributed by atoms with Crippen molar-refractivity contribution in [2.45, 2.75) is 20.4 Å². The predicted octanol–water partition coefficient (Wildman–Crippen LogP) is 3.60. The highest BCUT2D eigenvalue weighted by atomic mass is 32.1. The summed E-state index contributed by atoms with van der Waals surface area (Å²) < 4.78 is 5.30. The topological polar surface area (TPSA) is 84.2 Å². The van der Waals surface area contributed by atoms with Crippen LogP contribution >= 0.6 is 11.3 Å². The van der Waals surface area contributed by atoms with Crippen molar-refractivity contribution < 1.29 is 14.0 Å². The van der Waals surface area contributed by atoms with Crippen molar-refractivity contribution in [2.75, 3.05) is 5.32 Å². The third-order valence-corrected chi connectivity index (χ3v) is 4.24. The standard InChI is InChI=1S/C18H17N3O3S/c1-11-3-8-16(24-11)17(23)21-18-20-15(10-25-18)14-6-4-13(5-7-14)9-19-12(2)22/h3-8,10H,9H2,1-2H3,(H,19,22)(H,20,21,23). The minimum atomic E-state index is -0.320. The summed E-state index contributed by atoms with van der Waals surface area (Å²) in [6.07, 6.45) is 0. The number of hydrogen-bond donors (Lipinski definition) is 2. The van der Waals surface area contributed by atoms with E-state index in [4.69, 9.17) is 4.42 Å². The molecule has 0 aliphatic heterocycles. The number of nitrogens with zero attached hydrogens (tertiary/aromatic N) is 1. The van der Waals surface area contributed by atoms with Crippen LogP contribution in [0, 0.1) is 6.92 Å². The predicted molar refractivity (Wildman–Crippen MR) is 96.5 cm³/mol. The van der Waals surface area contributed by atoms with E-state index in [9.17, 15) is 9.59 Å². The Bertz CT molecular complexity index is 896. The third-order valence-electron chi connectivity index (χ3n) is 3.48. The average molecular weight is 355 g/mol. The number of aryl methyl sites for hydroxylation is 1. The number of amides is 2. The van der Waals surface area contributed by atoms with E-state index in [-0.39, 0.29) is 17.6 Å². The highest BCUT2D eigenvalue weighted by Crippen LogP contribution is 2.25. The summed E-state index contributed by atoms with van der Waals surface area (Å²) in [6, 6.07) is 11.1. The molecule has 3 rings (SSSR count).